The second-order valence-electron chi connectivity index (χ2n) is 3.98. The summed E-state index contributed by atoms with van der Waals surface area (Å²) in [4.78, 5) is 10.8. The molecule has 0 saturated heterocycles. The lowest BCUT2D eigenvalue weighted by molar-refractivity contribution is -0.139. The first-order chi connectivity index (χ1) is 7.06. The molecule has 1 aliphatic carbocycles. The molecule has 3 N–H and O–H groups in total. The molecule has 1 saturated carbocycles. The molecule has 0 aliphatic heterocycles. The Bertz CT molecular complexity index is 401. The zero-order valence-electron chi connectivity index (χ0n) is 8.11. The molecule has 1 aromatic rings. The normalized spacial score (nSPS) is 19.6. The minimum absolute atomic E-state index is 0.351. The van der Waals surface area contributed by atoms with Crippen molar-refractivity contribution in [3.05, 3.63) is 35.6 Å². The van der Waals surface area contributed by atoms with Gasteiger partial charge in [-0.1, -0.05) is 12.1 Å². The molecule has 1 aromatic carbocycles. The summed E-state index contributed by atoms with van der Waals surface area (Å²) in [6.45, 7) is 0. The third-order valence-electron chi connectivity index (χ3n) is 3.05. The van der Waals surface area contributed by atoms with Crippen molar-refractivity contribution >= 4 is 5.97 Å². The number of carboxylic acids is 1. The fourth-order valence-corrected chi connectivity index (χ4v) is 1.95. The molecule has 1 aliphatic rings. The van der Waals surface area contributed by atoms with Crippen LogP contribution >= 0.6 is 0 Å². The number of nitrogens with two attached hydrogens (primary N) is 1. The summed E-state index contributed by atoms with van der Waals surface area (Å²) in [5.41, 5.74) is 5.76. The highest BCUT2D eigenvalue weighted by Crippen LogP contribution is 2.50. The van der Waals surface area contributed by atoms with Crippen LogP contribution < -0.4 is 5.73 Å². The number of benzene rings is 1. The van der Waals surface area contributed by atoms with Crippen molar-refractivity contribution in [1.82, 2.24) is 0 Å². The Morgan fingerprint density at radius 2 is 2.20 bits per heavy atom. The molecule has 0 heterocycles. The molecule has 15 heavy (non-hydrogen) atoms. The maximum absolute atomic E-state index is 13.0. The molecule has 0 aromatic heterocycles. The zero-order chi connectivity index (χ0) is 11.1. The van der Waals surface area contributed by atoms with Crippen LogP contribution in [0, 0.1) is 5.82 Å². The van der Waals surface area contributed by atoms with Gasteiger partial charge in [-0.15, -0.1) is 0 Å². The number of carbonyl (C=O) groups is 1. The van der Waals surface area contributed by atoms with Crippen molar-refractivity contribution in [2.75, 3.05) is 0 Å². The summed E-state index contributed by atoms with van der Waals surface area (Å²) in [5.74, 6) is -1.38. The van der Waals surface area contributed by atoms with Crippen LogP contribution in [0.25, 0.3) is 0 Å². The molecule has 0 spiro atoms. The van der Waals surface area contributed by atoms with Gasteiger partial charge in [0.05, 0.1) is 0 Å². The third kappa shape index (κ3) is 1.61. The minimum Gasteiger partial charge on any atom is -0.480 e. The quantitative estimate of drug-likeness (QED) is 0.788. The highest BCUT2D eigenvalue weighted by molar-refractivity contribution is 5.76. The fraction of sp³-hybridized carbons (Fsp3) is 0.364. The van der Waals surface area contributed by atoms with E-state index < -0.39 is 17.4 Å². The van der Waals surface area contributed by atoms with Gasteiger partial charge in [-0.3, -0.25) is 4.79 Å². The molecular weight excluding hydrogens is 197 g/mol. The first kappa shape index (κ1) is 10.1. The standard InChI is InChI=1S/C11H12FNO2/c12-8-3-1-2-7(6-8)11(4-5-11)9(13)10(14)15/h1-3,6,9H,4-5,13H2,(H,14,15). The predicted octanol–water partition coefficient (Wildman–Crippen LogP) is 1.27. The second-order valence-corrected chi connectivity index (χ2v) is 3.98. The number of aliphatic carboxylic acids is 1. The highest BCUT2D eigenvalue weighted by Gasteiger charge is 2.52. The minimum atomic E-state index is -1.03. The molecule has 1 atom stereocenters. The Labute approximate surface area is 86.7 Å². The van der Waals surface area contributed by atoms with Crippen LogP contribution in [-0.4, -0.2) is 17.1 Å². The largest absolute Gasteiger partial charge is 0.480 e. The van der Waals surface area contributed by atoms with Gasteiger partial charge in [-0.25, -0.2) is 4.39 Å². The van der Waals surface area contributed by atoms with Gasteiger partial charge in [0.1, 0.15) is 11.9 Å². The lowest BCUT2D eigenvalue weighted by Gasteiger charge is -2.19. The molecular formula is C11H12FNO2. The molecule has 0 radical (unpaired) electrons. The molecule has 4 heteroatoms. The first-order valence-electron chi connectivity index (χ1n) is 4.81. The van der Waals surface area contributed by atoms with E-state index >= 15 is 0 Å². The van der Waals surface area contributed by atoms with Crippen LogP contribution in [0.2, 0.25) is 0 Å². The summed E-state index contributed by atoms with van der Waals surface area (Å²) in [7, 11) is 0. The molecule has 1 fully saturated rings. The monoisotopic (exact) mass is 209 g/mol. The maximum Gasteiger partial charge on any atom is 0.321 e. The molecule has 0 amide bonds. The van der Waals surface area contributed by atoms with Crippen LogP contribution in [0.15, 0.2) is 24.3 Å². The topological polar surface area (TPSA) is 63.3 Å². The van der Waals surface area contributed by atoms with Crippen molar-refractivity contribution in [3.8, 4) is 0 Å². The van der Waals surface area contributed by atoms with E-state index in [4.69, 9.17) is 10.8 Å². The summed E-state index contributed by atoms with van der Waals surface area (Å²) in [6.07, 6.45) is 1.42. The van der Waals surface area contributed by atoms with Crippen LogP contribution in [0.5, 0.6) is 0 Å². The number of halogens is 1. The van der Waals surface area contributed by atoms with Gasteiger partial charge in [0.25, 0.3) is 0 Å². The zero-order valence-corrected chi connectivity index (χ0v) is 8.11. The van der Waals surface area contributed by atoms with E-state index in [0.29, 0.717) is 18.4 Å². The van der Waals surface area contributed by atoms with Crippen molar-refractivity contribution < 1.29 is 14.3 Å². The average Bonchev–Trinajstić information content (AvgIpc) is 2.97. The average molecular weight is 209 g/mol. The van der Waals surface area contributed by atoms with Crippen LogP contribution in [0.3, 0.4) is 0 Å². The highest BCUT2D eigenvalue weighted by atomic mass is 19.1. The number of hydrogen-bond donors (Lipinski definition) is 2. The van der Waals surface area contributed by atoms with E-state index in [0.717, 1.165) is 0 Å². The smallest absolute Gasteiger partial charge is 0.321 e. The van der Waals surface area contributed by atoms with E-state index in [2.05, 4.69) is 0 Å². The Balaban J connectivity index is 2.34. The van der Waals surface area contributed by atoms with E-state index in [9.17, 15) is 9.18 Å². The van der Waals surface area contributed by atoms with Crippen LogP contribution in [0.4, 0.5) is 4.39 Å². The van der Waals surface area contributed by atoms with Crippen molar-refractivity contribution in [1.29, 1.82) is 0 Å². The third-order valence-corrected chi connectivity index (χ3v) is 3.05. The Morgan fingerprint density at radius 1 is 1.53 bits per heavy atom. The number of hydrogen-bond acceptors (Lipinski definition) is 2. The molecule has 80 valence electrons. The summed E-state index contributed by atoms with van der Waals surface area (Å²) in [6, 6.07) is 5.08. The molecule has 2 rings (SSSR count). The second kappa shape index (κ2) is 3.31. The van der Waals surface area contributed by atoms with Gasteiger partial charge < -0.3 is 10.8 Å². The Kier molecular flexibility index (Phi) is 2.23. The Hall–Kier alpha value is -1.42. The lowest BCUT2D eigenvalue weighted by atomic mass is 9.88. The van der Waals surface area contributed by atoms with Gasteiger partial charge in [0.2, 0.25) is 0 Å². The molecule has 0 bridgehead atoms. The number of rotatable bonds is 3. The summed E-state index contributed by atoms with van der Waals surface area (Å²) < 4.78 is 13.0. The van der Waals surface area contributed by atoms with E-state index in [-0.39, 0.29) is 5.82 Å². The van der Waals surface area contributed by atoms with Gasteiger partial charge in [0.15, 0.2) is 0 Å². The first-order valence-corrected chi connectivity index (χ1v) is 4.81. The summed E-state index contributed by atoms with van der Waals surface area (Å²) in [5, 5.41) is 8.87. The fourth-order valence-electron chi connectivity index (χ4n) is 1.95. The lowest BCUT2D eigenvalue weighted by Crippen LogP contribution is -2.41. The van der Waals surface area contributed by atoms with Crippen molar-refractivity contribution in [2.45, 2.75) is 24.3 Å². The van der Waals surface area contributed by atoms with E-state index in [1.54, 1.807) is 12.1 Å². The predicted molar refractivity (Wildman–Crippen MR) is 52.9 cm³/mol. The molecule has 1 unspecified atom stereocenters. The Morgan fingerprint density at radius 3 is 2.67 bits per heavy atom. The van der Waals surface area contributed by atoms with Crippen molar-refractivity contribution in [3.63, 3.8) is 0 Å². The van der Waals surface area contributed by atoms with E-state index in [1.165, 1.54) is 12.1 Å². The molecule has 3 nitrogen and oxygen atoms in total. The van der Waals surface area contributed by atoms with Gasteiger partial charge in [-0.2, -0.15) is 0 Å². The van der Waals surface area contributed by atoms with Crippen LogP contribution in [0.1, 0.15) is 18.4 Å². The SMILES string of the molecule is NC(C(=O)O)C1(c2cccc(F)c2)CC1. The van der Waals surface area contributed by atoms with Crippen molar-refractivity contribution in [2.24, 2.45) is 5.73 Å². The maximum atomic E-state index is 13.0. The van der Waals surface area contributed by atoms with Gasteiger partial charge in [-0.05, 0) is 30.5 Å². The number of carboxylic acid groups (broad SMARTS) is 1. The van der Waals surface area contributed by atoms with E-state index in [1.807, 2.05) is 0 Å². The van der Waals surface area contributed by atoms with Crippen LogP contribution in [-0.2, 0) is 10.2 Å². The van der Waals surface area contributed by atoms with Gasteiger partial charge >= 0.3 is 5.97 Å². The summed E-state index contributed by atoms with van der Waals surface area (Å²) >= 11 is 0. The van der Waals surface area contributed by atoms with Gasteiger partial charge in [0, 0.05) is 5.41 Å².